The summed E-state index contributed by atoms with van der Waals surface area (Å²) in [6.45, 7) is 20.5. The summed E-state index contributed by atoms with van der Waals surface area (Å²) in [7, 11) is 0. The molecular weight excluding hydrogens is 280 g/mol. The number of allylic oxidation sites excluding steroid dienone is 6. The normalized spacial score (nSPS) is 30.2. The van der Waals surface area contributed by atoms with Crippen molar-refractivity contribution < 1.29 is 0 Å². The second-order valence-corrected chi connectivity index (χ2v) is 7.76. The molecule has 0 aromatic heterocycles. The molecule has 2 aliphatic heterocycles. The van der Waals surface area contributed by atoms with Gasteiger partial charge in [0.1, 0.15) is 0 Å². The van der Waals surface area contributed by atoms with Crippen molar-refractivity contribution in [3.63, 3.8) is 0 Å². The van der Waals surface area contributed by atoms with Crippen LogP contribution < -0.4 is 5.32 Å². The van der Waals surface area contributed by atoms with Gasteiger partial charge in [0.05, 0.1) is 5.54 Å². The van der Waals surface area contributed by atoms with E-state index in [0.29, 0.717) is 0 Å². The summed E-state index contributed by atoms with van der Waals surface area (Å²) in [5, 5.41) is 3.37. The highest BCUT2D eigenvalue weighted by Crippen LogP contribution is 2.43. The van der Waals surface area contributed by atoms with E-state index in [4.69, 9.17) is 0 Å². The molecular formula is C21H28N2. The highest BCUT2D eigenvalue weighted by atomic mass is 15.2. The molecule has 0 bridgehead atoms. The quantitative estimate of drug-likeness (QED) is 0.747. The van der Waals surface area contributed by atoms with Crippen LogP contribution in [0.25, 0.3) is 0 Å². The first kappa shape index (κ1) is 15.9. The number of nitrogens with one attached hydrogen (secondary N) is 1. The van der Waals surface area contributed by atoms with Gasteiger partial charge in [-0.15, -0.1) is 0 Å². The van der Waals surface area contributed by atoms with Crippen LogP contribution in [0.4, 0.5) is 0 Å². The molecule has 23 heavy (non-hydrogen) atoms. The predicted molar refractivity (Wildman–Crippen MR) is 98.6 cm³/mol. The number of nitrogens with zero attached hydrogens (tertiary/aromatic N) is 1. The lowest BCUT2D eigenvalue weighted by molar-refractivity contribution is 0.154. The molecule has 1 unspecified atom stereocenters. The summed E-state index contributed by atoms with van der Waals surface area (Å²) in [5.74, 6) is 0. The fraction of sp³-hybridized carbons (Fsp3) is 0.429. The smallest absolute Gasteiger partial charge is 0.0771 e. The van der Waals surface area contributed by atoms with Gasteiger partial charge >= 0.3 is 0 Å². The van der Waals surface area contributed by atoms with Crippen LogP contribution in [0.5, 0.6) is 0 Å². The Morgan fingerprint density at radius 2 is 1.87 bits per heavy atom. The van der Waals surface area contributed by atoms with Gasteiger partial charge in [0.25, 0.3) is 0 Å². The van der Waals surface area contributed by atoms with Crippen molar-refractivity contribution >= 4 is 0 Å². The Bertz CT molecular complexity index is 672. The third-order valence-corrected chi connectivity index (χ3v) is 5.41. The Hall–Kier alpha value is -1.96. The van der Waals surface area contributed by atoms with Gasteiger partial charge in [-0.05, 0) is 31.8 Å². The zero-order chi connectivity index (χ0) is 16.8. The molecule has 122 valence electrons. The van der Waals surface area contributed by atoms with Crippen LogP contribution in [-0.4, -0.2) is 17.0 Å². The third kappa shape index (κ3) is 2.71. The van der Waals surface area contributed by atoms with E-state index in [0.717, 1.165) is 42.9 Å². The summed E-state index contributed by atoms with van der Waals surface area (Å²) in [5.41, 5.74) is 5.91. The summed E-state index contributed by atoms with van der Waals surface area (Å²) in [4.78, 5) is 2.43. The van der Waals surface area contributed by atoms with Gasteiger partial charge in [-0.3, -0.25) is 0 Å². The minimum atomic E-state index is -0.101. The van der Waals surface area contributed by atoms with E-state index in [1.54, 1.807) is 0 Å². The van der Waals surface area contributed by atoms with E-state index in [1.807, 2.05) is 0 Å². The van der Waals surface area contributed by atoms with Crippen molar-refractivity contribution in [3.05, 3.63) is 72.3 Å². The fourth-order valence-corrected chi connectivity index (χ4v) is 3.87. The number of likely N-dealkylation sites (tertiary alicyclic amines) is 1. The van der Waals surface area contributed by atoms with Crippen molar-refractivity contribution in [2.45, 2.75) is 45.6 Å². The Balaban J connectivity index is 1.93. The number of rotatable bonds is 1. The zero-order valence-corrected chi connectivity index (χ0v) is 14.7. The highest BCUT2D eigenvalue weighted by molar-refractivity contribution is 5.52. The number of fused-ring (bicyclic) bond motifs is 1. The summed E-state index contributed by atoms with van der Waals surface area (Å²) >= 11 is 0. The average Bonchev–Trinajstić information content (AvgIpc) is 2.61. The van der Waals surface area contributed by atoms with E-state index < -0.39 is 0 Å². The lowest BCUT2D eigenvalue weighted by Crippen LogP contribution is -2.54. The molecule has 0 saturated carbocycles. The molecule has 3 rings (SSSR count). The first-order valence-electron chi connectivity index (χ1n) is 8.46. The minimum Gasteiger partial charge on any atom is -0.361 e. The molecule has 0 aromatic carbocycles. The van der Waals surface area contributed by atoms with Crippen LogP contribution in [0.15, 0.2) is 72.3 Å². The maximum Gasteiger partial charge on any atom is 0.0771 e. The molecule has 2 heteroatoms. The maximum absolute atomic E-state index is 4.43. The van der Waals surface area contributed by atoms with E-state index in [1.165, 1.54) is 11.1 Å². The highest BCUT2D eigenvalue weighted by Gasteiger charge is 2.41. The van der Waals surface area contributed by atoms with Gasteiger partial charge in [0.15, 0.2) is 0 Å². The van der Waals surface area contributed by atoms with Crippen LogP contribution in [0, 0.1) is 5.41 Å². The van der Waals surface area contributed by atoms with Crippen LogP contribution in [0.1, 0.15) is 40.0 Å². The third-order valence-electron chi connectivity index (χ3n) is 5.41. The van der Waals surface area contributed by atoms with Crippen LogP contribution in [0.3, 0.4) is 0 Å². The van der Waals surface area contributed by atoms with Crippen molar-refractivity contribution in [3.8, 4) is 0 Å². The fourth-order valence-electron chi connectivity index (χ4n) is 3.87. The van der Waals surface area contributed by atoms with Gasteiger partial charge in [-0.1, -0.05) is 57.9 Å². The van der Waals surface area contributed by atoms with E-state index in [9.17, 15) is 0 Å². The summed E-state index contributed by atoms with van der Waals surface area (Å²) in [6.07, 6.45) is 12.1. The second kappa shape index (κ2) is 5.30. The largest absolute Gasteiger partial charge is 0.361 e. The van der Waals surface area contributed by atoms with Gasteiger partial charge < -0.3 is 10.2 Å². The molecule has 0 radical (unpaired) electrons. The van der Waals surface area contributed by atoms with Crippen LogP contribution in [0.2, 0.25) is 0 Å². The zero-order valence-electron chi connectivity index (χ0n) is 14.7. The van der Waals surface area contributed by atoms with Crippen molar-refractivity contribution in [1.82, 2.24) is 10.2 Å². The van der Waals surface area contributed by atoms with Gasteiger partial charge in [0, 0.05) is 34.6 Å². The Morgan fingerprint density at radius 1 is 1.13 bits per heavy atom. The lowest BCUT2D eigenvalue weighted by Gasteiger charge is -2.50. The maximum atomic E-state index is 4.43. The standard InChI is InChI=1S/C21H28N2/c1-15-9-12-21(6,17(3)22-15)23-13-10-18-14-20(4,5)11-7-8-19(18)16(23)2/h7-8,11,14,22H,1-3,9-10,12-13H2,4-6H3. The Kier molecular flexibility index (Phi) is 3.66. The van der Waals surface area contributed by atoms with Gasteiger partial charge in [-0.25, -0.2) is 0 Å². The van der Waals surface area contributed by atoms with Crippen molar-refractivity contribution in [2.24, 2.45) is 5.41 Å². The predicted octanol–water partition coefficient (Wildman–Crippen LogP) is 4.82. The average molecular weight is 308 g/mol. The minimum absolute atomic E-state index is 0.101. The monoisotopic (exact) mass is 308 g/mol. The Morgan fingerprint density at radius 3 is 2.57 bits per heavy atom. The molecule has 2 fully saturated rings. The van der Waals surface area contributed by atoms with Gasteiger partial charge in [0.2, 0.25) is 0 Å². The number of piperidine rings is 2. The molecule has 2 heterocycles. The first-order valence-corrected chi connectivity index (χ1v) is 8.46. The number of hydrogen-bond donors (Lipinski definition) is 1. The molecule has 2 nitrogen and oxygen atoms in total. The molecule has 1 N–H and O–H groups in total. The van der Waals surface area contributed by atoms with Crippen LogP contribution in [-0.2, 0) is 0 Å². The van der Waals surface area contributed by atoms with E-state index in [-0.39, 0.29) is 11.0 Å². The van der Waals surface area contributed by atoms with E-state index >= 15 is 0 Å². The SMILES string of the molecule is C=C1CCC(C)(N2CCC3=CC(C)(C)C=CC=C3C2=C)C(=C)N1. The molecule has 3 aliphatic rings. The second-order valence-electron chi connectivity index (χ2n) is 7.76. The molecule has 0 amide bonds. The van der Waals surface area contributed by atoms with Crippen LogP contribution >= 0.6 is 0 Å². The summed E-state index contributed by atoms with van der Waals surface area (Å²) in [6, 6.07) is 0. The summed E-state index contributed by atoms with van der Waals surface area (Å²) < 4.78 is 0. The van der Waals surface area contributed by atoms with Gasteiger partial charge in [-0.2, -0.15) is 0 Å². The molecule has 1 aliphatic carbocycles. The van der Waals surface area contributed by atoms with Crippen molar-refractivity contribution in [2.75, 3.05) is 6.54 Å². The van der Waals surface area contributed by atoms with Crippen molar-refractivity contribution in [1.29, 1.82) is 0 Å². The topological polar surface area (TPSA) is 15.3 Å². The first-order chi connectivity index (χ1) is 10.7. The lowest BCUT2D eigenvalue weighted by atomic mass is 9.81. The molecule has 2 saturated heterocycles. The number of hydrogen-bond acceptors (Lipinski definition) is 2. The molecule has 0 spiro atoms. The van der Waals surface area contributed by atoms with E-state index in [2.05, 4.69) is 75.0 Å². The molecule has 0 aromatic rings. The Labute approximate surface area is 140 Å². The molecule has 1 atom stereocenters.